The van der Waals surface area contributed by atoms with Crippen LogP contribution < -0.4 is 5.73 Å². The van der Waals surface area contributed by atoms with Crippen molar-refractivity contribution in [2.75, 3.05) is 19.7 Å². The molecule has 6 heteroatoms. The number of carbonyl (C=O) groups is 2. The molecule has 0 aliphatic rings. The number of nitrogens with zero attached hydrogens (tertiary/aromatic N) is 1. The second-order valence-corrected chi connectivity index (χ2v) is 4.64. The maximum atomic E-state index is 12.2. The highest BCUT2D eigenvalue weighted by Gasteiger charge is 2.19. The largest absolute Gasteiger partial charge is 0.395 e. The first-order valence-corrected chi connectivity index (χ1v) is 6.72. The topological polar surface area (TPSA) is 83.6 Å². The second-order valence-electron chi connectivity index (χ2n) is 3.72. The van der Waals surface area contributed by atoms with Gasteiger partial charge in [-0.15, -0.1) is 11.3 Å². The van der Waals surface area contributed by atoms with Crippen LogP contribution in [0.5, 0.6) is 0 Å². The Morgan fingerprint density at radius 2 is 2.26 bits per heavy atom. The Morgan fingerprint density at radius 1 is 1.53 bits per heavy atom. The number of amides is 2. The van der Waals surface area contributed by atoms with E-state index in [9.17, 15) is 9.59 Å². The summed E-state index contributed by atoms with van der Waals surface area (Å²) in [7, 11) is 0. The number of nitrogens with two attached hydrogens (primary N) is 1. The number of aliphatic hydroxyl groups is 1. The van der Waals surface area contributed by atoms with Gasteiger partial charge in [0, 0.05) is 18.5 Å². The zero-order valence-corrected chi connectivity index (χ0v) is 11.5. The first kappa shape index (κ1) is 15.2. The molecule has 5 nitrogen and oxygen atoms in total. The van der Waals surface area contributed by atoms with E-state index >= 15 is 0 Å². The molecule has 19 heavy (non-hydrogen) atoms. The molecule has 2 amide bonds. The Morgan fingerprint density at radius 3 is 2.84 bits per heavy atom. The number of rotatable bonds is 5. The third kappa shape index (κ3) is 4.39. The lowest BCUT2D eigenvalue weighted by Crippen LogP contribution is -2.38. The minimum atomic E-state index is -0.542. The summed E-state index contributed by atoms with van der Waals surface area (Å²) in [5, 5.41) is 10.4. The Hall–Kier alpha value is -1.84. The fourth-order valence-corrected chi connectivity index (χ4v) is 2.26. The number of hydrogen-bond acceptors (Lipinski definition) is 4. The van der Waals surface area contributed by atoms with Gasteiger partial charge in [0.05, 0.1) is 13.2 Å². The molecular formula is C13H16N2O3S. The van der Waals surface area contributed by atoms with Gasteiger partial charge < -0.3 is 15.7 Å². The quantitative estimate of drug-likeness (QED) is 0.767. The van der Waals surface area contributed by atoms with Crippen molar-refractivity contribution in [1.29, 1.82) is 0 Å². The smallest absolute Gasteiger partial charge is 0.265 e. The normalized spacial score (nSPS) is 9.58. The summed E-state index contributed by atoms with van der Waals surface area (Å²) in [4.78, 5) is 25.0. The van der Waals surface area contributed by atoms with Crippen LogP contribution in [0.2, 0.25) is 0 Å². The molecule has 0 bridgehead atoms. The summed E-state index contributed by atoms with van der Waals surface area (Å²) in [5.41, 5.74) is 5.73. The Labute approximate surface area is 116 Å². The van der Waals surface area contributed by atoms with Gasteiger partial charge in [0.15, 0.2) is 0 Å². The van der Waals surface area contributed by atoms with E-state index in [-0.39, 0.29) is 19.1 Å². The highest BCUT2D eigenvalue weighted by Crippen LogP contribution is 2.18. The predicted molar refractivity (Wildman–Crippen MR) is 73.7 cm³/mol. The molecule has 0 aliphatic heterocycles. The first-order valence-electron chi connectivity index (χ1n) is 5.85. The molecule has 0 saturated carbocycles. The number of primary amides is 1. The molecular weight excluding hydrogens is 264 g/mol. The van der Waals surface area contributed by atoms with Gasteiger partial charge >= 0.3 is 0 Å². The van der Waals surface area contributed by atoms with Crippen LogP contribution in [0.1, 0.15) is 28.6 Å². The second kappa shape index (κ2) is 7.56. The van der Waals surface area contributed by atoms with Gasteiger partial charge in [-0.1, -0.05) is 11.8 Å². The first-order chi connectivity index (χ1) is 9.10. The van der Waals surface area contributed by atoms with Crippen molar-refractivity contribution in [2.24, 2.45) is 5.73 Å². The highest BCUT2D eigenvalue weighted by atomic mass is 32.1. The summed E-state index contributed by atoms with van der Waals surface area (Å²) >= 11 is 1.28. The van der Waals surface area contributed by atoms with E-state index in [0.29, 0.717) is 23.4 Å². The summed E-state index contributed by atoms with van der Waals surface area (Å²) < 4.78 is 0. The standard InChI is InChI=1S/C13H16N2O3S/c1-2-15(9-11(14)17)13(18)12-10(6-8-19-12)5-3-4-7-16/h6,8,16H,2,4,7,9H2,1H3,(H2,14,17). The van der Waals surface area contributed by atoms with Gasteiger partial charge in [-0.25, -0.2) is 0 Å². The van der Waals surface area contributed by atoms with Gasteiger partial charge in [-0.2, -0.15) is 0 Å². The highest BCUT2D eigenvalue weighted by molar-refractivity contribution is 7.12. The van der Waals surface area contributed by atoms with Crippen molar-refractivity contribution in [3.05, 3.63) is 21.9 Å². The zero-order valence-electron chi connectivity index (χ0n) is 10.7. The molecule has 0 atom stereocenters. The summed E-state index contributed by atoms with van der Waals surface area (Å²) in [5.74, 6) is 4.83. The molecule has 0 aromatic carbocycles. The maximum absolute atomic E-state index is 12.2. The van der Waals surface area contributed by atoms with Crippen molar-refractivity contribution in [3.8, 4) is 11.8 Å². The number of likely N-dealkylation sites (N-methyl/N-ethyl adjacent to an activating group) is 1. The van der Waals surface area contributed by atoms with Crippen LogP contribution in [0.3, 0.4) is 0 Å². The molecule has 102 valence electrons. The Balaban J connectivity index is 2.91. The van der Waals surface area contributed by atoms with Crippen LogP contribution in [0.4, 0.5) is 0 Å². The predicted octanol–water partition coefficient (Wildman–Crippen LogP) is 0.429. The summed E-state index contributed by atoms with van der Waals surface area (Å²) in [6.07, 6.45) is 0.363. The van der Waals surface area contributed by atoms with Gasteiger partial charge in [-0.05, 0) is 18.4 Å². The van der Waals surface area contributed by atoms with E-state index in [1.165, 1.54) is 16.2 Å². The maximum Gasteiger partial charge on any atom is 0.265 e. The fourth-order valence-electron chi connectivity index (χ4n) is 1.45. The molecule has 1 rings (SSSR count). The SMILES string of the molecule is CCN(CC(N)=O)C(=O)c1sccc1C#CCCO. The number of thiophene rings is 1. The summed E-state index contributed by atoms with van der Waals surface area (Å²) in [6, 6.07) is 1.75. The lowest BCUT2D eigenvalue weighted by atomic mass is 10.2. The van der Waals surface area contributed by atoms with Crippen molar-refractivity contribution in [2.45, 2.75) is 13.3 Å². The molecule has 0 fully saturated rings. The van der Waals surface area contributed by atoms with Crippen LogP contribution in [-0.4, -0.2) is 41.5 Å². The zero-order chi connectivity index (χ0) is 14.3. The van der Waals surface area contributed by atoms with Crippen LogP contribution >= 0.6 is 11.3 Å². The van der Waals surface area contributed by atoms with Crippen molar-refractivity contribution < 1.29 is 14.7 Å². The third-order valence-electron chi connectivity index (χ3n) is 2.33. The molecule has 3 N–H and O–H groups in total. The van der Waals surface area contributed by atoms with Crippen molar-refractivity contribution in [3.63, 3.8) is 0 Å². The van der Waals surface area contributed by atoms with E-state index in [1.54, 1.807) is 18.4 Å². The molecule has 0 aliphatic carbocycles. The number of hydrogen-bond donors (Lipinski definition) is 2. The van der Waals surface area contributed by atoms with E-state index < -0.39 is 5.91 Å². The van der Waals surface area contributed by atoms with E-state index in [0.717, 1.165) is 0 Å². The average Bonchev–Trinajstić information content (AvgIpc) is 2.83. The number of aliphatic hydroxyl groups excluding tert-OH is 1. The third-order valence-corrected chi connectivity index (χ3v) is 3.24. The van der Waals surface area contributed by atoms with E-state index in [1.807, 2.05) is 0 Å². The van der Waals surface area contributed by atoms with Gasteiger partial charge in [0.1, 0.15) is 4.88 Å². The molecule has 1 aromatic rings. The van der Waals surface area contributed by atoms with Crippen LogP contribution in [0.25, 0.3) is 0 Å². The molecule has 1 heterocycles. The fraction of sp³-hybridized carbons (Fsp3) is 0.385. The monoisotopic (exact) mass is 280 g/mol. The Bertz CT molecular complexity index is 513. The lowest BCUT2D eigenvalue weighted by molar-refractivity contribution is -0.118. The minimum Gasteiger partial charge on any atom is -0.395 e. The van der Waals surface area contributed by atoms with Crippen LogP contribution in [0, 0.1) is 11.8 Å². The van der Waals surface area contributed by atoms with E-state index in [4.69, 9.17) is 10.8 Å². The lowest BCUT2D eigenvalue weighted by Gasteiger charge is -2.18. The molecule has 0 radical (unpaired) electrons. The van der Waals surface area contributed by atoms with E-state index in [2.05, 4.69) is 11.8 Å². The van der Waals surface area contributed by atoms with Crippen LogP contribution in [-0.2, 0) is 4.79 Å². The molecule has 0 saturated heterocycles. The van der Waals surface area contributed by atoms with Gasteiger partial charge in [0.25, 0.3) is 5.91 Å². The van der Waals surface area contributed by atoms with Gasteiger partial charge in [0.2, 0.25) is 5.91 Å². The average molecular weight is 280 g/mol. The Kier molecular flexibility index (Phi) is 6.06. The molecule has 1 aromatic heterocycles. The number of carbonyl (C=O) groups excluding carboxylic acids is 2. The molecule has 0 spiro atoms. The minimum absolute atomic E-state index is 0.0107. The van der Waals surface area contributed by atoms with Gasteiger partial charge in [-0.3, -0.25) is 9.59 Å². The van der Waals surface area contributed by atoms with Crippen molar-refractivity contribution >= 4 is 23.2 Å². The van der Waals surface area contributed by atoms with Crippen molar-refractivity contribution in [1.82, 2.24) is 4.90 Å². The van der Waals surface area contributed by atoms with Crippen LogP contribution in [0.15, 0.2) is 11.4 Å². The molecule has 0 unspecified atom stereocenters. The summed E-state index contributed by atoms with van der Waals surface area (Å²) in [6.45, 7) is 2.08.